The van der Waals surface area contributed by atoms with Crippen molar-refractivity contribution in [1.29, 1.82) is 0 Å². The summed E-state index contributed by atoms with van der Waals surface area (Å²) in [6.45, 7) is 0. The second kappa shape index (κ2) is 6.50. The molecule has 0 bridgehead atoms. The van der Waals surface area contributed by atoms with E-state index in [1.807, 2.05) is 43.3 Å². The summed E-state index contributed by atoms with van der Waals surface area (Å²) >= 11 is 1.48. The Kier molecular flexibility index (Phi) is 4.43. The molecule has 1 heterocycles. The van der Waals surface area contributed by atoms with Gasteiger partial charge in [0.15, 0.2) is 5.16 Å². The highest BCUT2D eigenvalue weighted by atomic mass is 32.2. The lowest BCUT2D eigenvalue weighted by molar-refractivity contribution is 0.415. The molecule has 0 saturated heterocycles. The molecule has 3 rings (SSSR count). The lowest BCUT2D eigenvalue weighted by atomic mass is 10.2. The van der Waals surface area contributed by atoms with Crippen LogP contribution in [0, 0.1) is 5.82 Å². The number of ether oxygens (including phenoxy) is 1. The maximum Gasteiger partial charge on any atom is 0.166 e. The van der Waals surface area contributed by atoms with Gasteiger partial charge in [0.1, 0.15) is 11.6 Å². The van der Waals surface area contributed by atoms with Crippen LogP contribution in [0.25, 0.3) is 11.0 Å². The molecule has 0 unspecified atom stereocenters. The zero-order valence-electron chi connectivity index (χ0n) is 13.3. The van der Waals surface area contributed by atoms with E-state index in [0.717, 1.165) is 27.6 Å². The fourth-order valence-corrected chi connectivity index (χ4v) is 3.32. The van der Waals surface area contributed by atoms with Gasteiger partial charge in [-0.25, -0.2) is 9.37 Å². The summed E-state index contributed by atoms with van der Waals surface area (Å²) in [5.41, 5.74) is 3.35. The Morgan fingerprint density at radius 1 is 1.26 bits per heavy atom. The molecule has 0 atom stereocenters. The van der Waals surface area contributed by atoms with E-state index >= 15 is 0 Å². The molecule has 6 heteroatoms. The van der Waals surface area contributed by atoms with Crippen molar-refractivity contribution >= 4 is 28.5 Å². The number of anilines is 1. The van der Waals surface area contributed by atoms with E-state index in [1.165, 1.54) is 17.8 Å². The number of halogens is 1. The first-order valence-corrected chi connectivity index (χ1v) is 8.18. The highest BCUT2D eigenvalue weighted by molar-refractivity contribution is 7.98. The number of aromatic amines is 1. The molecule has 0 amide bonds. The molecular formula is C17H18FN3OS. The van der Waals surface area contributed by atoms with Gasteiger partial charge in [-0.3, -0.25) is 0 Å². The van der Waals surface area contributed by atoms with Crippen molar-refractivity contribution in [1.82, 2.24) is 9.97 Å². The predicted molar refractivity (Wildman–Crippen MR) is 92.9 cm³/mol. The van der Waals surface area contributed by atoms with Crippen LogP contribution in [0.3, 0.4) is 0 Å². The number of H-pyrrole nitrogens is 1. The number of hydrogen-bond acceptors (Lipinski definition) is 4. The first kappa shape index (κ1) is 15.7. The maximum absolute atomic E-state index is 14.1. The Labute approximate surface area is 138 Å². The van der Waals surface area contributed by atoms with Gasteiger partial charge >= 0.3 is 0 Å². The number of thioether (sulfide) groups is 1. The normalized spacial score (nSPS) is 11.0. The minimum absolute atomic E-state index is 0.193. The second-order valence-corrected chi connectivity index (χ2v) is 6.31. The topological polar surface area (TPSA) is 41.1 Å². The van der Waals surface area contributed by atoms with Crippen molar-refractivity contribution < 1.29 is 9.13 Å². The van der Waals surface area contributed by atoms with Gasteiger partial charge in [-0.15, -0.1) is 0 Å². The molecule has 23 heavy (non-hydrogen) atoms. The summed E-state index contributed by atoms with van der Waals surface area (Å²) in [6.07, 6.45) is 0. The number of benzene rings is 2. The average Bonchev–Trinajstić information content (AvgIpc) is 2.95. The first-order chi connectivity index (χ1) is 11.1. The van der Waals surface area contributed by atoms with Gasteiger partial charge in [-0.1, -0.05) is 17.8 Å². The molecule has 0 saturated carbocycles. The van der Waals surface area contributed by atoms with Crippen LogP contribution in [0.5, 0.6) is 5.75 Å². The van der Waals surface area contributed by atoms with Crippen LogP contribution in [-0.2, 0) is 5.75 Å². The van der Waals surface area contributed by atoms with Crippen LogP contribution in [-0.4, -0.2) is 31.2 Å². The largest absolute Gasteiger partial charge is 0.497 e. The van der Waals surface area contributed by atoms with Crippen molar-refractivity contribution in [2.24, 2.45) is 0 Å². The van der Waals surface area contributed by atoms with Crippen molar-refractivity contribution in [2.75, 3.05) is 26.1 Å². The van der Waals surface area contributed by atoms with Gasteiger partial charge < -0.3 is 14.6 Å². The molecule has 3 aromatic rings. The summed E-state index contributed by atoms with van der Waals surface area (Å²) in [6, 6.07) is 10.8. The quantitative estimate of drug-likeness (QED) is 0.716. The van der Waals surface area contributed by atoms with E-state index in [4.69, 9.17) is 4.74 Å². The van der Waals surface area contributed by atoms with E-state index in [9.17, 15) is 4.39 Å². The van der Waals surface area contributed by atoms with Crippen molar-refractivity contribution in [2.45, 2.75) is 10.9 Å². The van der Waals surface area contributed by atoms with Gasteiger partial charge in [0.05, 0.1) is 18.1 Å². The van der Waals surface area contributed by atoms with E-state index in [-0.39, 0.29) is 5.82 Å². The number of hydrogen-bond donors (Lipinski definition) is 1. The van der Waals surface area contributed by atoms with Crippen LogP contribution in [0.2, 0.25) is 0 Å². The highest BCUT2D eigenvalue weighted by Crippen LogP contribution is 2.30. The van der Waals surface area contributed by atoms with Gasteiger partial charge in [0.2, 0.25) is 0 Å². The average molecular weight is 331 g/mol. The van der Waals surface area contributed by atoms with Crippen LogP contribution >= 0.6 is 11.8 Å². The number of rotatable bonds is 5. The minimum atomic E-state index is -0.193. The second-order valence-electron chi connectivity index (χ2n) is 5.35. The van der Waals surface area contributed by atoms with E-state index in [1.54, 1.807) is 13.2 Å². The molecule has 0 radical (unpaired) electrons. The smallest absolute Gasteiger partial charge is 0.166 e. The summed E-state index contributed by atoms with van der Waals surface area (Å²) in [4.78, 5) is 9.69. The zero-order valence-corrected chi connectivity index (χ0v) is 14.1. The number of methoxy groups -OCH3 is 1. The van der Waals surface area contributed by atoms with Gasteiger partial charge in [0, 0.05) is 37.2 Å². The predicted octanol–water partition coefficient (Wildman–Crippen LogP) is 4.07. The molecule has 1 N–H and O–H groups in total. The fourth-order valence-electron chi connectivity index (χ4n) is 2.41. The molecule has 0 aliphatic rings. The Hall–Kier alpha value is -2.21. The lowest BCUT2D eigenvalue weighted by Gasteiger charge is -2.17. The molecule has 1 aromatic heterocycles. The van der Waals surface area contributed by atoms with E-state index in [2.05, 4.69) is 9.97 Å². The van der Waals surface area contributed by atoms with Crippen molar-refractivity contribution in [3.05, 3.63) is 47.8 Å². The van der Waals surface area contributed by atoms with E-state index in [0.29, 0.717) is 11.3 Å². The molecule has 2 aromatic carbocycles. The standard InChI is InChI=1S/C17H18FN3OS/c1-21(2)16-6-4-5-13(18)12(16)10-23-17-19-14-8-7-11(22-3)9-15(14)20-17/h4-9H,10H2,1-3H3,(H,19,20). The lowest BCUT2D eigenvalue weighted by Crippen LogP contribution is -2.11. The number of aromatic nitrogens is 2. The van der Waals surface area contributed by atoms with Gasteiger partial charge in [-0.2, -0.15) is 0 Å². The Bertz CT molecular complexity index is 832. The molecule has 0 fully saturated rings. The molecule has 4 nitrogen and oxygen atoms in total. The first-order valence-electron chi connectivity index (χ1n) is 7.20. The Morgan fingerprint density at radius 3 is 2.83 bits per heavy atom. The van der Waals surface area contributed by atoms with Crippen LogP contribution in [0.4, 0.5) is 10.1 Å². The van der Waals surface area contributed by atoms with Crippen molar-refractivity contribution in [3.63, 3.8) is 0 Å². The number of nitrogens with one attached hydrogen (secondary N) is 1. The maximum atomic E-state index is 14.1. The fraction of sp³-hybridized carbons (Fsp3) is 0.235. The number of nitrogens with zero attached hydrogens (tertiary/aromatic N) is 2. The molecule has 120 valence electrons. The molecule has 0 spiro atoms. The third-order valence-corrected chi connectivity index (χ3v) is 4.50. The monoisotopic (exact) mass is 331 g/mol. The number of imidazole rings is 1. The zero-order chi connectivity index (χ0) is 16.4. The summed E-state index contributed by atoms with van der Waals surface area (Å²) < 4.78 is 19.3. The Morgan fingerprint density at radius 2 is 2.09 bits per heavy atom. The van der Waals surface area contributed by atoms with Crippen LogP contribution < -0.4 is 9.64 Å². The third kappa shape index (κ3) is 3.27. The van der Waals surface area contributed by atoms with E-state index < -0.39 is 0 Å². The van der Waals surface area contributed by atoms with Gasteiger partial charge in [0.25, 0.3) is 0 Å². The number of fused-ring (bicyclic) bond motifs is 1. The third-order valence-electron chi connectivity index (χ3n) is 3.60. The summed E-state index contributed by atoms with van der Waals surface area (Å²) in [7, 11) is 5.46. The summed E-state index contributed by atoms with van der Waals surface area (Å²) in [5, 5.41) is 0.765. The van der Waals surface area contributed by atoms with Crippen molar-refractivity contribution in [3.8, 4) is 5.75 Å². The highest BCUT2D eigenvalue weighted by Gasteiger charge is 2.12. The molecule has 0 aliphatic heterocycles. The minimum Gasteiger partial charge on any atom is -0.497 e. The molecular weight excluding hydrogens is 313 g/mol. The van der Waals surface area contributed by atoms with Crippen LogP contribution in [0.1, 0.15) is 5.56 Å². The van der Waals surface area contributed by atoms with Crippen LogP contribution in [0.15, 0.2) is 41.6 Å². The molecule has 0 aliphatic carbocycles. The summed E-state index contributed by atoms with van der Waals surface area (Å²) in [5.74, 6) is 1.10. The SMILES string of the molecule is COc1ccc2nc(SCc3c(F)cccc3N(C)C)[nH]c2c1. The van der Waals surface area contributed by atoms with Gasteiger partial charge in [-0.05, 0) is 24.3 Å². The Balaban J connectivity index is 1.84.